The molecule has 8 nitrogen and oxygen atoms in total. The van der Waals surface area contributed by atoms with Crippen molar-refractivity contribution < 1.29 is 28.2 Å². The third kappa shape index (κ3) is 5.35. The molecule has 1 heterocycles. The molecule has 0 spiro atoms. The van der Waals surface area contributed by atoms with E-state index < -0.39 is 36.5 Å². The van der Waals surface area contributed by atoms with Crippen molar-refractivity contribution in [1.29, 1.82) is 0 Å². The summed E-state index contributed by atoms with van der Waals surface area (Å²) < 4.78 is 24.8. The van der Waals surface area contributed by atoms with E-state index in [1.165, 1.54) is 25.3 Å². The van der Waals surface area contributed by atoms with Crippen molar-refractivity contribution in [1.82, 2.24) is 5.32 Å². The molecule has 0 aliphatic carbocycles. The minimum Gasteiger partial charge on any atom is -0.468 e. The quantitative estimate of drug-likeness (QED) is 0.551. The van der Waals surface area contributed by atoms with Crippen LogP contribution in [-0.4, -0.2) is 43.5 Å². The van der Waals surface area contributed by atoms with Crippen LogP contribution >= 0.6 is 0 Å². The third-order valence-corrected chi connectivity index (χ3v) is 5.32. The first-order valence-electron chi connectivity index (χ1n) is 10.8. The molecule has 0 fully saturated rings. The second-order valence-electron chi connectivity index (χ2n) is 7.58. The largest absolute Gasteiger partial charge is 0.468 e. The molecule has 3 aromatic rings. The number of hydrogen-bond donors (Lipinski definition) is 1. The molecule has 0 saturated heterocycles. The number of nitrogens with zero attached hydrogens (tertiary/aromatic N) is 2. The van der Waals surface area contributed by atoms with Crippen molar-refractivity contribution in [2.45, 2.75) is 12.8 Å². The Labute approximate surface area is 201 Å². The van der Waals surface area contributed by atoms with E-state index in [4.69, 9.17) is 9.47 Å². The molecule has 35 heavy (non-hydrogen) atoms. The molecule has 9 heteroatoms. The molecule has 178 valence electrons. The van der Waals surface area contributed by atoms with Gasteiger partial charge in [0.15, 0.2) is 0 Å². The van der Waals surface area contributed by atoms with Crippen LogP contribution in [0.5, 0.6) is 0 Å². The lowest BCUT2D eigenvalue weighted by molar-refractivity contribution is -0.140. The number of carbonyl (C=O) groups is 3. The minimum atomic E-state index is -1.48. The van der Waals surface area contributed by atoms with E-state index in [0.717, 1.165) is 10.5 Å². The summed E-state index contributed by atoms with van der Waals surface area (Å²) in [5.41, 5.74) is 1.78. The molecule has 0 radical (unpaired) electrons. The number of anilines is 1. The van der Waals surface area contributed by atoms with E-state index in [9.17, 15) is 18.8 Å². The number of benzene rings is 3. The van der Waals surface area contributed by atoms with E-state index >= 15 is 0 Å². The smallest absolute Gasteiger partial charge is 0.409 e. The number of nitrogens with one attached hydrogen (secondary N) is 1. The second-order valence-corrected chi connectivity index (χ2v) is 7.58. The van der Waals surface area contributed by atoms with E-state index in [0.29, 0.717) is 11.3 Å². The van der Waals surface area contributed by atoms with Crippen LogP contribution in [0.15, 0.2) is 83.9 Å². The summed E-state index contributed by atoms with van der Waals surface area (Å²) >= 11 is 0. The zero-order chi connectivity index (χ0) is 24.8. The Kier molecular flexibility index (Phi) is 7.15. The number of carbonyl (C=O) groups excluding carboxylic acids is 3. The molecule has 1 atom stereocenters. The summed E-state index contributed by atoms with van der Waals surface area (Å²) in [5.74, 6) is -1.93. The molecular formula is C26H22FN3O5. The minimum absolute atomic E-state index is 0.0242. The van der Waals surface area contributed by atoms with Crippen LogP contribution in [0.3, 0.4) is 0 Å². The summed E-state index contributed by atoms with van der Waals surface area (Å²) in [7, 11) is 1.20. The van der Waals surface area contributed by atoms with Crippen LogP contribution in [0, 0.1) is 5.82 Å². The van der Waals surface area contributed by atoms with Crippen LogP contribution in [0.1, 0.15) is 16.7 Å². The van der Waals surface area contributed by atoms with Gasteiger partial charge >= 0.3 is 12.1 Å². The summed E-state index contributed by atoms with van der Waals surface area (Å²) in [6, 6.07) is 21.6. The van der Waals surface area contributed by atoms with Crippen molar-refractivity contribution in [2.24, 2.45) is 4.99 Å². The van der Waals surface area contributed by atoms with E-state index in [1.807, 2.05) is 6.07 Å². The van der Waals surface area contributed by atoms with Gasteiger partial charge in [-0.1, -0.05) is 60.7 Å². The molecule has 2 amide bonds. The highest BCUT2D eigenvalue weighted by Gasteiger charge is 2.35. The van der Waals surface area contributed by atoms with Gasteiger partial charge in [0.05, 0.1) is 18.5 Å². The Bertz CT molecular complexity index is 1280. The fourth-order valence-electron chi connectivity index (χ4n) is 3.62. The van der Waals surface area contributed by atoms with E-state index in [2.05, 4.69) is 10.3 Å². The van der Waals surface area contributed by atoms with Crippen LogP contribution in [-0.2, 0) is 25.7 Å². The van der Waals surface area contributed by atoms with Crippen LogP contribution in [0.4, 0.5) is 14.9 Å². The Morgan fingerprint density at radius 3 is 2.34 bits per heavy atom. The Balaban J connectivity index is 1.72. The molecule has 3 aromatic carbocycles. The first-order valence-corrected chi connectivity index (χ1v) is 10.8. The number of methoxy groups -OCH3 is 1. The lowest BCUT2D eigenvalue weighted by atomic mass is 10.00. The maximum atomic E-state index is 14.8. The molecule has 0 saturated carbocycles. The zero-order valence-corrected chi connectivity index (χ0v) is 18.8. The van der Waals surface area contributed by atoms with Gasteiger partial charge in [0.25, 0.3) is 5.91 Å². The SMILES string of the molecule is COC(=O)CN1C(=O)C(NC(=O)OCc2ccccc2)N=C(c2ccccc2F)c2ccccc21. The molecule has 1 aliphatic heterocycles. The van der Waals surface area contributed by atoms with Gasteiger partial charge in [-0.05, 0) is 23.8 Å². The summed E-state index contributed by atoms with van der Waals surface area (Å²) in [6.45, 7) is -0.451. The number of alkyl carbamates (subject to hydrolysis) is 1. The Morgan fingerprint density at radius 2 is 1.63 bits per heavy atom. The first-order chi connectivity index (χ1) is 17.0. The number of ether oxygens (including phenoxy) is 2. The van der Waals surface area contributed by atoms with Crippen LogP contribution < -0.4 is 10.2 Å². The lowest BCUT2D eigenvalue weighted by Gasteiger charge is -2.24. The van der Waals surface area contributed by atoms with Gasteiger partial charge in [0.2, 0.25) is 6.17 Å². The van der Waals surface area contributed by atoms with Crippen molar-refractivity contribution in [3.8, 4) is 0 Å². The third-order valence-electron chi connectivity index (χ3n) is 5.32. The summed E-state index contributed by atoms with van der Waals surface area (Å²) in [4.78, 5) is 43.7. The monoisotopic (exact) mass is 475 g/mol. The van der Waals surface area contributed by atoms with Crippen molar-refractivity contribution in [3.63, 3.8) is 0 Å². The number of para-hydroxylation sites is 1. The van der Waals surface area contributed by atoms with E-state index in [-0.39, 0.29) is 17.9 Å². The molecule has 1 aliphatic rings. The van der Waals surface area contributed by atoms with Crippen molar-refractivity contribution >= 4 is 29.4 Å². The molecule has 1 N–H and O–H groups in total. The second kappa shape index (κ2) is 10.6. The van der Waals surface area contributed by atoms with Crippen molar-refractivity contribution in [2.75, 3.05) is 18.6 Å². The molecule has 1 unspecified atom stereocenters. The standard InChI is InChI=1S/C26H22FN3O5/c1-34-22(31)15-30-21-14-8-6-12-19(21)23(18-11-5-7-13-20(18)27)28-24(25(30)32)29-26(33)35-16-17-9-3-2-4-10-17/h2-14,24H,15-16H2,1H3,(H,29,33). The van der Waals surface area contributed by atoms with Crippen molar-refractivity contribution in [3.05, 3.63) is 101 Å². The predicted molar refractivity (Wildman–Crippen MR) is 126 cm³/mol. The van der Waals surface area contributed by atoms with Gasteiger partial charge in [-0.15, -0.1) is 0 Å². The Hall–Kier alpha value is -4.53. The number of esters is 1. The average Bonchev–Trinajstić information content (AvgIpc) is 2.99. The fourth-order valence-corrected chi connectivity index (χ4v) is 3.62. The number of rotatable bonds is 6. The van der Waals surface area contributed by atoms with Gasteiger partial charge < -0.3 is 9.47 Å². The number of halogens is 1. The number of amides is 2. The molecular weight excluding hydrogens is 453 g/mol. The molecule has 0 bridgehead atoms. The zero-order valence-electron chi connectivity index (χ0n) is 18.8. The van der Waals surface area contributed by atoms with Gasteiger partial charge in [-0.3, -0.25) is 19.8 Å². The van der Waals surface area contributed by atoms with Gasteiger partial charge in [0.1, 0.15) is 19.0 Å². The summed E-state index contributed by atoms with van der Waals surface area (Å²) in [6.07, 6.45) is -2.38. The average molecular weight is 475 g/mol. The molecule has 0 aromatic heterocycles. The fraction of sp³-hybridized carbons (Fsp3) is 0.154. The Morgan fingerprint density at radius 1 is 0.971 bits per heavy atom. The predicted octanol–water partition coefficient (Wildman–Crippen LogP) is 3.44. The highest BCUT2D eigenvalue weighted by atomic mass is 19.1. The first kappa shape index (κ1) is 23.6. The molecule has 4 rings (SSSR count). The van der Waals surface area contributed by atoms with Gasteiger partial charge in [-0.2, -0.15) is 0 Å². The number of aliphatic imine (C=N–C) groups is 1. The number of benzodiazepines with no additional fused rings is 1. The van der Waals surface area contributed by atoms with Gasteiger partial charge in [0, 0.05) is 11.1 Å². The topological polar surface area (TPSA) is 97.3 Å². The van der Waals surface area contributed by atoms with Crippen LogP contribution in [0.25, 0.3) is 0 Å². The maximum Gasteiger partial charge on any atom is 0.409 e. The number of hydrogen-bond acceptors (Lipinski definition) is 6. The van der Waals surface area contributed by atoms with E-state index in [1.54, 1.807) is 54.6 Å². The lowest BCUT2D eigenvalue weighted by Crippen LogP contribution is -2.49. The highest BCUT2D eigenvalue weighted by molar-refractivity contribution is 6.20. The summed E-state index contributed by atoms with van der Waals surface area (Å²) in [5, 5.41) is 2.44. The highest BCUT2D eigenvalue weighted by Crippen LogP contribution is 2.29. The van der Waals surface area contributed by atoms with Crippen LogP contribution in [0.2, 0.25) is 0 Å². The normalized spacial score (nSPS) is 14.9. The van der Waals surface area contributed by atoms with Gasteiger partial charge in [-0.25, -0.2) is 14.2 Å². The maximum absolute atomic E-state index is 14.8. The number of fused-ring (bicyclic) bond motifs is 1.